The number of carboxylic acids is 1. The number of hydrogen-bond donors (Lipinski definition) is 1. The van der Waals surface area contributed by atoms with Crippen molar-refractivity contribution in [2.24, 2.45) is 5.92 Å². The Kier molecular flexibility index (Phi) is 5.20. The van der Waals surface area contributed by atoms with Crippen molar-refractivity contribution in [1.82, 2.24) is 0 Å². The molecular weight excluding hydrogens is 312 g/mol. The second kappa shape index (κ2) is 7.19. The fourth-order valence-electron chi connectivity index (χ4n) is 3.20. The molecule has 2 fully saturated rings. The van der Waals surface area contributed by atoms with Gasteiger partial charge in [-0.25, -0.2) is 4.79 Å². The highest BCUT2D eigenvalue weighted by Crippen LogP contribution is 2.37. The van der Waals surface area contributed by atoms with E-state index in [0.717, 1.165) is 5.56 Å². The Bertz CT molecular complexity index is 562. The summed E-state index contributed by atoms with van der Waals surface area (Å²) in [4.78, 5) is 11.2. The Labute approximate surface area is 141 Å². The van der Waals surface area contributed by atoms with E-state index in [4.69, 9.17) is 24.1 Å². The van der Waals surface area contributed by atoms with Gasteiger partial charge in [0.1, 0.15) is 12.2 Å². The molecule has 0 spiro atoms. The molecule has 132 valence electrons. The van der Waals surface area contributed by atoms with Crippen molar-refractivity contribution >= 4 is 5.97 Å². The summed E-state index contributed by atoms with van der Waals surface area (Å²) in [6, 6.07) is 9.67. The maximum Gasteiger partial charge on any atom is 0.332 e. The minimum absolute atomic E-state index is 0.0163. The number of carboxylic acid groups (broad SMARTS) is 1. The maximum absolute atomic E-state index is 11.2. The molecule has 2 aliphatic rings. The Hall–Kier alpha value is -1.47. The van der Waals surface area contributed by atoms with Crippen LogP contribution in [-0.2, 0) is 23.7 Å². The molecule has 3 unspecified atom stereocenters. The monoisotopic (exact) mass is 336 g/mol. The molecule has 0 amide bonds. The van der Waals surface area contributed by atoms with Crippen LogP contribution >= 0.6 is 0 Å². The molecule has 7 atom stereocenters. The molecule has 0 aliphatic carbocycles. The van der Waals surface area contributed by atoms with Gasteiger partial charge in [0.2, 0.25) is 0 Å². The molecule has 3 rings (SSSR count). The van der Waals surface area contributed by atoms with Crippen molar-refractivity contribution in [3.63, 3.8) is 0 Å². The number of aliphatic carboxylic acids is 1. The lowest BCUT2D eigenvalue weighted by molar-refractivity contribution is -0.326. The molecule has 2 saturated heterocycles. The first-order valence-electron chi connectivity index (χ1n) is 8.33. The van der Waals surface area contributed by atoms with E-state index in [1.807, 2.05) is 44.2 Å². The van der Waals surface area contributed by atoms with Crippen molar-refractivity contribution in [3.8, 4) is 0 Å². The third kappa shape index (κ3) is 3.47. The smallest absolute Gasteiger partial charge is 0.332 e. The molecule has 6 heteroatoms. The number of rotatable bonds is 4. The first-order chi connectivity index (χ1) is 11.5. The van der Waals surface area contributed by atoms with E-state index in [0.29, 0.717) is 6.61 Å². The molecule has 2 aliphatic heterocycles. The van der Waals surface area contributed by atoms with Crippen LogP contribution in [-0.4, -0.2) is 48.2 Å². The van der Waals surface area contributed by atoms with Crippen LogP contribution < -0.4 is 0 Å². The topological polar surface area (TPSA) is 74.2 Å². The van der Waals surface area contributed by atoms with Gasteiger partial charge in [0.25, 0.3) is 0 Å². The predicted molar refractivity (Wildman–Crippen MR) is 85.5 cm³/mol. The van der Waals surface area contributed by atoms with Gasteiger partial charge in [-0.15, -0.1) is 0 Å². The zero-order valence-corrected chi connectivity index (χ0v) is 14.1. The van der Waals surface area contributed by atoms with Crippen molar-refractivity contribution < 1.29 is 28.8 Å². The maximum atomic E-state index is 11.2. The standard InChI is InChI=1S/C18H24O6/c1-10-11(2)22-14-9-21-18(13-7-5-4-6-8-13)24-16(14)15(10)23-12(3)17(19)20/h4-8,10-12,14-16,18H,9H2,1-3H3,(H,19,20)/t10?,11-,12-,14?,15-,16-,18?/m1/s1. The van der Waals surface area contributed by atoms with E-state index in [1.54, 1.807) is 0 Å². The van der Waals surface area contributed by atoms with Gasteiger partial charge in [0, 0.05) is 11.5 Å². The fraction of sp³-hybridized carbons (Fsp3) is 0.611. The summed E-state index contributed by atoms with van der Waals surface area (Å²) in [7, 11) is 0. The summed E-state index contributed by atoms with van der Waals surface area (Å²) >= 11 is 0. The van der Waals surface area contributed by atoms with E-state index in [-0.39, 0.29) is 30.3 Å². The number of hydrogen-bond acceptors (Lipinski definition) is 5. The number of benzene rings is 1. The molecule has 0 saturated carbocycles. The zero-order chi connectivity index (χ0) is 17.3. The quantitative estimate of drug-likeness (QED) is 0.910. The average Bonchev–Trinajstić information content (AvgIpc) is 2.59. The van der Waals surface area contributed by atoms with Crippen LogP contribution in [0.4, 0.5) is 0 Å². The highest BCUT2D eigenvalue weighted by Gasteiger charge is 2.48. The Balaban J connectivity index is 1.79. The van der Waals surface area contributed by atoms with Crippen molar-refractivity contribution in [2.45, 2.75) is 57.6 Å². The molecule has 0 radical (unpaired) electrons. The molecular formula is C18H24O6. The zero-order valence-electron chi connectivity index (χ0n) is 14.1. The van der Waals surface area contributed by atoms with Gasteiger partial charge in [-0.1, -0.05) is 37.3 Å². The van der Waals surface area contributed by atoms with Gasteiger partial charge < -0.3 is 24.1 Å². The summed E-state index contributed by atoms with van der Waals surface area (Å²) < 4.78 is 23.7. The Morgan fingerprint density at radius 2 is 1.96 bits per heavy atom. The number of fused-ring (bicyclic) bond motifs is 1. The fourth-order valence-corrected chi connectivity index (χ4v) is 3.20. The van der Waals surface area contributed by atoms with E-state index in [9.17, 15) is 4.79 Å². The van der Waals surface area contributed by atoms with Crippen LogP contribution in [0.5, 0.6) is 0 Å². The predicted octanol–water partition coefficient (Wildman–Crippen LogP) is 2.38. The van der Waals surface area contributed by atoms with Crippen molar-refractivity contribution in [2.75, 3.05) is 6.61 Å². The number of carbonyl (C=O) groups is 1. The van der Waals surface area contributed by atoms with Crippen molar-refractivity contribution in [3.05, 3.63) is 35.9 Å². The SMILES string of the molecule is CC1[C@@H](O[C@H](C)C(=O)O)[C@@H]2OC(c3ccccc3)OCC2O[C@@H]1C. The first kappa shape index (κ1) is 17.4. The van der Waals surface area contributed by atoms with Crippen LogP contribution in [0.15, 0.2) is 30.3 Å². The van der Waals surface area contributed by atoms with E-state index in [1.165, 1.54) is 6.92 Å². The van der Waals surface area contributed by atoms with Crippen LogP contribution in [0.25, 0.3) is 0 Å². The number of ether oxygens (including phenoxy) is 4. The first-order valence-corrected chi connectivity index (χ1v) is 8.33. The van der Waals surface area contributed by atoms with E-state index in [2.05, 4.69) is 0 Å². The van der Waals surface area contributed by atoms with Gasteiger partial charge in [0.15, 0.2) is 12.4 Å². The average molecular weight is 336 g/mol. The third-order valence-corrected chi connectivity index (χ3v) is 4.81. The summed E-state index contributed by atoms with van der Waals surface area (Å²) in [5.41, 5.74) is 0.923. The van der Waals surface area contributed by atoms with E-state index >= 15 is 0 Å². The Morgan fingerprint density at radius 3 is 2.62 bits per heavy atom. The lowest BCUT2D eigenvalue weighted by atomic mass is 9.88. The second-order valence-corrected chi connectivity index (χ2v) is 6.50. The molecule has 6 nitrogen and oxygen atoms in total. The van der Waals surface area contributed by atoms with E-state index < -0.39 is 18.4 Å². The lowest BCUT2D eigenvalue weighted by Gasteiger charge is -2.48. The summed E-state index contributed by atoms with van der Waals surface area (Å²) in [5.74, 6) is -0.966. The minimum Gasteiger partial charge on any atom is -0.479 e. The molecule has 1 aromatic carbocycles. The molecule has 1 aromatic rings. The Morgan fingerprint density at radius 1 is 1.25 bits per heavy atom. The van der Waals surface area contributed by atoms with Crippen LogP contribution in [0.2, 0.25) is 0 Å². The highest BCUT2D eigenvalue weighted by molar-refractivity contribution is 5.71. The highest BCUT2D eigenvalue weighted by atomic mass is 16.7. The van der Waals surface area contributed by atoms with Gasteiger partial charge in [0.05, 0.1) is 18.8 Å². The summed E-state index contributed by atoms with van der Waals surface area (Å²) in [5, 5.41) is 9.17. The van der Waals surface area contributed by atoms with Crippen LogP contribution in [0.3, 0.4) is 0 Å². The van der Waals surface area contributed by atoms with Crippen LogP contribution in [0, 0.1) is 5.92 Å². The van der Waals surface area contributed by atoms with Gasteiger partial charge in [-0.2, -0.15) is 0 Å². The molecule has 0 aromatic heterocycles. The second-order valence-electron chi connectivity index (χ2n) is 6.50. The largest absolute Gasteiger partial charge is 0.479 e. The summed E-state index contributed by atoms with van der Waals surface area (Å²) in [6.07, 6.45) is -2.44. The minimum atomic E-state index is -0.982. The molecule has 2 heterocycles. The van der Waals surface area contributed by atoms with Crippen molar-refractivity contribution in [1.29, 1.82) is 0 Å². The third-order valence-electron chi connectivity index (χ3n) is 4.81. The molecule has 0 bridgehead atoms. The van der Waals surface area contributed by atoms with Gasteiger partial charge in [-0.3, -0.25) is 0 Å². The molecule has 24 heavy (non-hydrogen) atoms. The molecule has 1 N–H and O–H groups in total. The lowest BCUT2D eigenvalue weighted by Crippen LogP contribution is -2.59. The normalized spacial score (nSPS) is 37.5. The van der Waals surface area contributed by atoms with Gasteiger partial charge >= 0.3 is 5.97 Å². The summed E-state index contributed by atoms with van der Waals surface area (Å²) in [6.45, 7) is 5.89. The van der Waals surface area contributed by atoms with Crippen LogP contribution in [0.1, 0.15) is 32.6 Å². The van der Waals surface area contributed by atoms with Gasteiger partial charge in [-0.05, 0) is 13.8 Å².